The Bertz CT molecular complexity index is 830. The second-order valence-electron chi connectivity index (χ2n) is 7.35. The van der Waals surface area contributed by atoms with E-state index in [4.69, 9.17) is 4.74 Å². The number of benzene rings is 1. The fourth-order valence-corrected chi connectivity index (χ4v) is 4.45. The van der Waals surface area contributed by atoms with E-state index in [0.29, 0.717) is 12.1 Å². The molecule has 1 aliphatic carbocycles. The van der Waals surface area contributed by atoms with Gasteiger partial charge in [-0.3, -0.25) is 19.3 Å². The van der Waals surface area contributed by atoms with E-state index >= 15 is 0 Å². The van der Waals surface area contributed by atoms with Gasteiger partial charge in [0.15, 0.2) is 6.61 Å². The number of nitrogens with one attached hydrogen (secondary N) is 2. The summed E-state index contributed by atoms with van der Waals surface area (Å²) >= 11 is 1.48. The summed E-state index contributed by atoms with van der Waals surface area (Å²) in [5.41, 5.74) is -0.294. The van der Waals surface area contributed by atoms with Crippen LogP contribution in [0.5, 0.6) is 0 Å². The van der Waals surface area contributed by atoms with Gasteiger partial charge in [0.1, 0.15) is 12.1 Å². The van der Waals surface area contributed by atoms with Crippen molar-refractivity contribution < 1.29 is 23.9 Å². The van der Waals surface area contributed by atoms with Crippen molar-refractivity contribution in [3.63, 3.8) is 0 Å². The number of urea groups is 1. The second kappa shape index (κ2) is 8.86. The van der Waals surface area contributed by atoms with Gasteiger partial charge in [-0.05, 0) is 37.1 Å². The first-order valence-corrected chi connectivity index (χ1v) is 10.8. The molecule has 1 heterocycles. The third-order valence-corrected chi connectivity index (χ3v) is 6.33. The maximum Gasteiger partial charge on any atom is 0.326 e. The predicted molar refractivity (Wildman–Crippen MR) is 108 cm³/mol. The third-order valence-electron chi connectivity index (χ3n) is 5.53. The molecule has 1 spiro atoms. The number of carbonyl (C=O) groups is 4. The highest BCUT2D eigenvalue weighted by Gasteiger charge is 2.55. The molecular formula is C20H25N3O5S. The minimum Gasteiger partial charge on any atom is -0.454 e. The van der Waals surface area contributed by atoms with E-state index in [1.54, 1.807) is 12.1 Å². The summed E-state index contributed by atoms with van der Waals surface area (Å²) in [5.74, 6) is -1.67. The first-order valence-electron chi connectivity index (χ1n) is 9.60. The zero-order chi connectivity index (χ0) is 21.0. The molecule has 1 saturated carbocycles. The van der Waals surface area contributed by atoms with Crippen molar-refractivity contribution in [3.8, 4) is 0 Å². The highest BCUT2D eigenvalue weighted by atomic mass is 32.2. The predicted octanol–water partition coefficient (Wildman–Crippen LogP) is 2.39. The maximum atomic E-state index is 12.8. The number of imide groups is 1. The van der Waals surface area contributed by atoms with E-state index < -0.39 is 36.6 Å². The number of esters is 1. The van der Waals surface area contributed by atoms with Crippen LogP contribution in [-0.4, -0.2) is 53.7 Å². The minimum absolute atomic E-state index is 0.0102. The van der Waals surface area contributed by atoms with E-state index in [9.17, 15) is 19.2 Å². The molecule has 1 aromatic carbocycles. The van der Waals surface area contributed by atoms with Crippen LogP contribution in [0.1, 0.15) is 32.6 Å². The number of carbonyl (C=O) groups excluding carboxylic acids is 4. The molecule has 2 N–H and O–H groups in total. The maximum absolute atomic E-state index is 12.8. The van der Waals surface area contributed by atoms with Crippen LogP contribution >= 0.6 is 11.8 Å². The average molecular weight is 420 g/mol. The number of hydrogen-bond donors (Lipinski definition) is 2. The molecule has 1 saturated heterocycles. The monoisotopic (exact) mass is 419 g/mol. The van der Waals surface area contributed by atoms with Crippen LogP contribution < -0.4 is 10.6 Å². The molecule has 4 amide bonds. The molecule has 0 unspecified atom stereocenters. The van der Waals surface area contributed by atoms with Gasteiger partial charge in [-0.25, -0.2) is 4.79 Å². The van der Waals surface area contributed by atoms with Crippen LogP contribution in [0.4, 0.5) is 10.5 Å². The molecule has 9 heteroatoms. The van der Waals surface area contributed by atoms with Gasteiger partial charge in [0.05, 0.1) is 5.69 Å². The van der Waals surface area contributed by atoms with Crippen molar-refractivity contribution in [2.24, 2.45) is 5.92 Å². The van der Waals surface area contributed by atoms with Crippen molar-refractivity contribution in [1.82, 2.24) is 10.2 Å². The van der Waals surface area contributed by atoms with Gasteiger partial charge in [-0.15, -0.1) is 11.8 Å². The van der Waals surface area contributed by atoms with Crippen LogP contribution in [-0.2, 0) is 19.1 Å². The smallest absolute Gasteiger partial charge is 0.326 e. The lowest BCUT2D eigenvalue weighted by molar-refractivity contribution is -0.150. The molecule has 2 aliphatic rings. The Kier molecular flexibility index (Phi) is 6.46. The minimum atomic E-state index is -0.922. The molecule has 2 fully saturated rings. The molecule has 29 heavy (non-hydrogen) atoms. The fraction of sp³-hybridized carbons (Fsp3) is 0.500. The molecular weight excluding hydrogens is 394 g/mol. The van der Waals surface area contributed by atoms with Gasteiger partial charge in [0.25, 0.3) is 11.8 Å². The number of ether oxygens (including phenoxy) is 1. The van der Waals surface area contributed by atoms with Crippen LogP contribution in [0.3, 0.4) is 0 Å². The molecule has 156 valence electrons. The Morgan fingerprint density at radius 3 is 2.79 bits per heavy atom. The lowest BCUT2D eigenvalue weighted by Gasteiger charge is -2.36. The number of hydrogen-bond acceptors (Lipinski definition) is 6. The zero-order valence-corrected chi connectivity index (χ0v) is 17.3. The lowest BCUT2D eigenvalue weighted by atomic mass is 9.73. The average Bonchev–Trinajstić information content (AvgIpc) is 2.94. The molecule has 3 rings (SSSR count). The largest absolute Gasteiger partial charge is 0.454 e. The molecule has 8 nitrogen and oxygen atoms in total. The fourth-order valence-electron chi connectivity index (χ4n) is 3.89. The van der Waals surface area contributed by atoms with Crippen molar-refractivity contribution in [1.29, 1.82) is 0 Å². The Labute approximate surface area is 173 Å². The van der Waals surface area contributed by atoms with Crippen molar-refractivity contribution >= 4 is 41.3 Å². The van der Waals surface area contributed by atoms with Crippen LogP contribution in [0.25, 0.3) is 0 Å². The standard InChI is InChI=1S/C20H25N3O5S/c1-13-7-5-6-10-20(13)18(26)23(19(27)22-20)11-17(25)28-12-16(24)21-14-8-3-4-9-15(14)29-2/h3-4,8-9,13H,5-7,10-12H2,1-2H3,(H,21,24)(H,22,27)/t13-,20-/m1/s1. The summed E-state index contributed by atoms with van der Waals surface area (Å²) in [4.78, 5) is 51.1. The summed E-state index contributed by atoms with van der Waals surface area (Å²) in [7, 11) is 0. The SMILES string of the molecule is CSc1ccccc1NC(=O)COC(=O)CN1C(=O)N[C@@]2(CCCC[C@H]2C)C1=O. The molecule has 1 aromatic rings. The Morgan fingerprint density at radius 2 is 2.07 bits per heavy atom. The van der Waals surface area contributed by atoms with Crippen molar-refractivity contribution in [3.05, 3.63) is 24.3 Å². The topological polar surface area (TPSA) is 105 Å². The summed E-state index contributed by atoms with van der Waals surface area (Å²) in [6, 6.07) is 6.69. The number of amides is 4. The molecule has 1 aliphatic heterocycles. The van der Waals surface area contributed by atoms with Crippen LogP contribution in [0.15, 0.2) is 29.2 Å². The molecule has 0 bridgehead atoms. The van der Waals surface area contributed by atoms with Gasteiger partial charge < -0.3 is 15.4 Å². The van der Waals surface area contributed by atoms with Gasteiger partial charge >= 0.3 is 12.0 Å². The number of anilines is 1. The number of rotatable bonds is 6. The van der Waals surface area contributed by atoms with Gasteiger partial charge in [0.2, 0.25) is 0 Å². The first kappa shape index (κ1) is 21.2. The van der Waals surface area contributed by atoms with Gasteiger partial charge in [-0.1, -0.05) is 31.9 Å². The van der Waals surface area contributed by atoms with E-state index in [1.807, 2.05) is 25.3 Å². The summed E-state index contributed by atoms with van der Waals surface area (Å²) < 4.78 is 4.98. The normalized spacial score (nSPS) is 23.8. The Hall–Kier alpha value is -2.55. The van der Waals surface area contributed by atoms with Crippen LogP contribution in [0.2, 0.25) is 0 Å². The van der Waals surface area contributed by atoms with E-state index in [2.05, 4.69) is 10.6 Å². The summed E-state index contributed by atoms with van der Waals surface area (Å²) in [6.45, 7) is 0.941. The van der Waals surface area contributed by atoms with Gasteiger partial charge in [-0.2, -0.15) is 0 Å². The van der Waals surface area contributed by atoms with Crippen molar-refractivity contribution in [2.75, 3.05) is 24.7 Å². The molecule has 2 atom stereocenters. The van der Waals surface area contributed by atoms with Crippen molar-refractivity contribution in [2.45, 2.75) is 43.0 Å². The van der Waals surface area contributed by atoms with Crippen LogP contribution in [0, 0.1) is 5.92 Å². The summed E-state index contributed by atoms with van der Waals surface area (Å²) in [6.07, 6.45) is 5.18. The highest BCUT2D eigenvalue weighted by Crippen LogP contribution is 2.38. The second-order valence-corrected chi connectivity index (χ2v) is 8.20. The molecule has 0 radical (unpaired) electrons. The number of para-hydroxylation sites is 1. The first-order chi connectivity index (χ1) is 13.9. The third kappa shape index (κ3) is 4.39. The molecule has 0 aromatic heterocycles. The van der Waals surface area contributed by atoms with E-state index in [1.165, 1.54) is 11.8 Å². The Morgan fingerprint density at radius 1 is 1.31 bits per heavy atom. The van der Waals surface area contributed by atoms with Gasteiger partial charge in [0, 0.05) is 4.90 Å². The summed E-state index contributed by atoms with van der Waals surface area (Å²) in [5, 5.41) is 5.47. The van der Waals surface area contributed by atoms with E-state index in [-0.39, 0.29) is 11.8 Å². The zero-order valence-electron chi connectivity index (χ0n) is 16.5. The Balaban J connectivity index is 1.53. The lowest BCUT2D eigenvalue weighted by Crippen LogP contribution is -2.54. The quantitative estimate of drug-likeness (QED) is 0.417. The number of nitrogens with zero attached hydrogens (tertiary/aromatic N) is 1. The highest BCUT2D eigenvalue weighted by molar-refractivity contribution is 7.98. The number of thioether (sulfide) groups is 1. The van der Waals surface area contributed by atoms with E-state index in [0.717, 1.165) is 29.1 Å².